The van der Waals surface area contributed by atoms with Crippen molar-refractivity contribution in [2.24, 2.45) is 0 Å². The molecule has 0 aliphatic heterocycles. The second-order valence-corrected chi connectivity index (χ2v) is 5.04. The van der Waals surface area contributed by atoms with Gasteiger partial charge in [0.2, 0.25) is 0 Å². The lowest BCUT2D eigenvalue weighted by molar-refractivity contribution is 0.281. The van der Waals surface area contributed by atoms with E-state index in [1.807, 2.05) is 19.1 Å². The zero-order valence-electron chi connectivity index (χ0n) is 10.6. The first-order valence-electron chi connectivity index (χ1n) is 6.71. The maximum absolute atomic E-state index is 10.3. The van der Waals surface area contributed by atoms with E-state index >= 15 is 0 Å². The topological polar surface area (TPSA) is 40.5 Å². The maximum atomic E-state index is 10.3. The number of hydrogen-bond acceptors (Lipinski definition) is 2. The molecule has 0 atom stereocenters. The van der Waals surface area contributed by atoms with Gasteiger partial charge in [-0.3, -0.25) is 0 Å². The molecule has 0 spiro atoms. The smallest absolute Gasteiger partial charge is 0.122 e. The fourth-order valence-electron chi connectivity index (χ4n) is 2.87. The summed E-state index contributed by atoms with van der Waals surface area (Å²) in [6.07, 6.45) is 7.00. The summed E-state index contributed by atoms with van der Waals surface area (Å²) < 4.78 is 0. The summed E-state index contributed by atoms with van der Waals surface area (Å²) in [5.41, 5.74) is 2.96. The highest BCUT2D eigenvalue weighted by Crippen LogP contribution is 2.39. The zero-order chi connectivity index (χ0) is 12.3. The molecule has 0 bridgehead atoms. The van der Waals surface area contributed by atoms with Crippen LogP contribution in [-0.4, -0.2) is 10.2 Å². The molecule has 2 rings (SSSR count). The molecular weight excluding hydrogens is 212 g/mol. The normalized spacial score (nSPS) is 17.3. The van der Waals surface area contributed by atoms with E-state index < -0.39 is 0 Å². The third-order valence-electron chi connectivity index (χ3n) is 3.89. The van der Waals surface area contributed by atoms with Gasteiger partial charge in [0.1, 0.15) is 5.75 Å². The van der Waals surface area contributed by atoms with E-state index in [0.29, 0.717) is 11.7 Å². The standard InChI is InChI=1S/C15H22O2/c1-2-12-8-11(10-16)9-14(15(12)17)13-6-4-3-5-7-13/h8-9,13,16-17H,2-7,10H2,1H3. The van der Waals surface area contributed by atoms with Crippen molar-refractivity contribution in [3.63, 3.8) is 0 Å². The van der Waals surface area contributed by atoms with Crippen molar-refractivity contribution >= 4 is 0 Å². The SMILES string of the molecule is CCc1cc(CO)cc(C2CCCCC2)c1O. The number of rotatable bonds is 3. The minimum absolute atomic E-state index is 0.0625. The highest BCUT2D eigenvalue weighted by atomic mass is 16.3. The summed E-state index contributed by atoms with van der Waals surface area (Å²) in [5, 5.41) is 19.6. The first-order valence-corrected chi connectivity index (χ1v) is 6.71. The van der Waals surface area contributed by atoms with Crippen LogP contribution in [0, 0.1) is 0 Å². The quantitative estimate of drug-likeness (QED) is 0.840. The first-order chi connectivity index (χ1) is 8.26. The monoisotopic (exact) mass is 234 g/mol. The van der Waals surface area contributed by atoms with E-state index in [0.717, 1.165) is 23.1 Å². The van der Waals surface area contributed by atoms with E-state index in [-0.39, 0.29) is 6.61 Å². The summed E-state index contributed by atoms with van der Waals surface area (Å²) >= 11 is 0. The molecule has 2 nitrogen and oxygen atoms in total. The number of phenols is 1. The van der Waals surface area contributed by atoms with Crippen LogP contribution >= 0.6 is 0 Å². The predicted molar refractivity (Wildman–Crippen MR) is 69.2 cm³/mol. The van der Waals surface area contributed by atoms with Gasteiger partial charge in [-0.15, -0.1) is 0 Å². The number of hydrogen-bond donors (Lipinski definition) is 2. The third-order valence-corrected chi connectivity index (χ3v) is 3.89. The van der Waals surface area contributed by atoms with Gasteiger partial charge in [0.05, 0.1) is 6.61 Å². The maximum Gasteiger partial charge on any atom is 0.122 e. The van der Waals surface area contributed by atoms with Crippen molar-refractivity contribution in [1.29, 1.82) is 0 Å². The summed E-state index contributed by atoms with van der Waals surface area (Å²) in [6, 6.07) is 3.91. The molecule has 17 heavy (non-hydrogen) atoms. The van der Waals surface area contributed by atoms with Gasteiger partial charge in [-0.2, -0.15) is 0 Å². The van der Waals surface area contributed by atoms with Crippen LogP contribution in [-0.2, 0) is 13.0 Å². The van der Waals surface area contributed by atoms with Crippen LogP contribution in [0.2, 0.25) is 0 Å². The largest absolute Gasteiger partial charge is 0.507 e. The highest BCUT2D eigenvalue weighted by Gasteiger charge is 2.20. The average molecular weight is 234 g/mol. The molecular formula is C15H22O2. The predicted octanol–water partition coefficient (Wildman–Crippen LogP) is 3.49. The Kier molecular flexibility index (Phi) is 4.06. The van der Waals surface area contributed by atoms with Gasteiger partial charge in [-0.05, 0) is 54.0 Å². The minimum atomic E-state index is 0.0625. The fraction of sp³-hybridized carbons (Fsp3) is 0.600. The number of aliphatic hydroxyl groups is 1. The Labute approximate surface area is 103 Å². The number of aromatic hydroxyl groups is 1. The number of aryl methyl sites for hydroxylation is 1. The summed E-state index contributed by atoms with van der Waals surface area (Å²) in [6.45, 7) is 2.11. The number of benzene rings is 1. The molecule has 0 radical (unpaired) electrons. The Morgan fingerprint density at radius 2 is 1.88 bits per heavy atom. The second-order valence-electron chi connectivity index (χ2n) is 5.04. The Bertz CT molecular complexity index is 379. The molecule has 1 aliphatic carbocycles. The zero-order valence-corrected chi connectivity index (χ0v) is 10.6. The van der Waals surface area contributed by atoms with Crippen LogP contribution in [0.25, 0.3) is 0 Å². The van der Waals surface area contributed by atoms with Gasteiger partial charge in [-0.1, -0.05) is 26.2 Å². The Balaban J connectivity index is 2.36. The van der Waals surface area contributed by atoms with E-state index in [2.05, 4.69) is 0 Å². The second kappa shape index (κ2) is 5.54. The molecule has 94 valence electrons. The van der Waals surface area contributed by atoms with Crippen molar-refractivity contribution < 1.29 is 10.2 Å². The van der Waals surface area contributed by atoms with Crippen LogP contribution in [0.1, 0.15) is 61.6 Å². The lowest BCUT2D eigenvalue weighted by Crippen LogP contribution is -2.06. The molecule has 0 amide bonds. The van der Waals surface area contributed by atoms with Gasteiger partial charge >= 0.3 is 0 Å². The first kappa shape index (κ1) is 12.4. The van der Waals surface area contributed by atoms with Crippen LogP contribution in [0.5, 0.6) is 5.75 Å². The van der Waals surface area contributed by atoms with Gasteiger partial charge in [0, 0.05) is 0 Å². The summed E-state index contributed by atoms with van der Waals surface area (Å²) in [5.74, 6) is 0.956. The molecule has 2 N–H and O–H groups in total. The summed E-state index contributed by atoms with van der Waals surface area (Å²) in [7, 11) is 0. The molecule has 1 aromatic carbocycles. The third kappa shape index (κ3) is 2.63. The molecule has 0 heterocycles. The molecule has 0 unspecified atom stereocenters. The van der Waals surface area contributed by atoms with Crippen molar-refractivity contribution in [1.82, 2.24) is 0 Å². The van der Waals surface area contributed by atoms with Gasteiger partial charge in [0.25, 0.3) is 0 Å². The highest BCUT2D eigenvalue weighted by molar-refractivity contribution is 5.45. The molecule has 1 aromatic rings. The number of aliphatic hydroxyl groups excluding tert-OH is 1. The van der Waals surface area contributed by atoms with Crippen molar-refractivity contribution in [2.45, 2.75) is 58.0 Å². The van der Waals surface area contributed by atoms with Crippen molar-refractivity contribution in [2.75, 3.05) is 0 Å². The van der Waals surface area contributed by atoms with E-state index in [9.17, 15) is 10.2 Å². The molecule has 1 fully saturated rings. The fourth-order valence-corrected chi connectivity index (χ4v) is 2.87. The van der Waals surface area contributed by atoms with Gasteiger partial charge < -0.3 is 10.2 Å². The van der Waals surface area contributed by atoms with Crippen LogP contribution in [0.4, 0.5) is 0 Å². The van der Waals surface area contributed by atoms with Crippen LogP contribution in [0.3, 0.4) is 0 Å². The molecule has 1 saturated carbocycles. The molecule has 0 aromatic heterocycles. The van der Waals surface area contributed by atoms with E-state index in [1.54, 1.807) is 0 Å². The minimum Gasteiger partial charge on any atom is -0.507 e. The Morgan fingerprint density at radius 1 is 1.18 bits per heavy atom. The van der Waals surface area contributed by atoms with Crippen molar-refractivity contribution in [3.05, 3.63) is 28.8 Å². The Hall–Kier alpha value is -1.02. The Morgan fingerprint density at radius 3 is 2.47 bits per heavy atom. The van der Waals surface area contributed by atoms with E-state index in [1.165, 1.54) is 32.1 Å². The molecule has 2 heteroatoms. The summed E-state index contributed by atoms with van der Waals surface area (Å²) in [4.78, 5) is 0. The van der Waals surface area contributed by atoms with Gasteiger partial charge in [0.15, 0.2) is 0 Å². The lowest BCUT2D eigenvalue weighted by atomic mass is 9.82. The van der Waals surface area contributed by atoms with Gasteiger partial charge in [-0.25, -0.2) is 0 Å². The molecule has 1 aliphatic rings. The van der Waals surface area contributed by atoms with E-state index in [4.69, 9.17) is 0 Å². The van der Waals surface area contributed by atoms with Crippen LogP contribution < -0.4 is 0 Å². The van der Waals surface area contributed by atoms with Crippen LogP contribution in [0.15, 0.2) is 12.1 Å². The molecule has 0 saturated heterocycles. The lowest BCUT2D eigenvalue weighted by Gasteiger charge is -2.24. The van der Waals surface area contributed by atoms with Crippen molar-refractivity contribution in [3.8, 4) is 5.75 Å². The number of phenolic OH excluding ortho intramolecular Hbond substituents is 1. The average Bonchev–Trinajstić information content (AvgIpc) is 2.40.